The lowest BCUT2D eigenvalue weighted by Crippen LogP contribution is -2.08. The summed E-state index contributed by atoms with van der Waals surface area (Å²) < 4.78 is 4.59. The number of aromatic nitrogens is 1. The fraction of sp³-hybridized carbons (Fsp3) is 0.0435. The van der Waals surface area contributed by atoms with Crippen LogP contribution in [0.15, 0.2) is 81.7 Å². The fourth-order valence-electron chi connectivity index (χ4n) is 3.53. The number of aryl methyl sites for hydroxylation is 1. The van der Waals surface area contributed by atoms with Gasteiger partial charge in [-0.2, -0.15) is 0 Å². The van der Waals surface area contributed by atoms with Gasteiger partial charge in [-0.1, -0.05) is 75.5 Å². The van der Waals surface area contributed by atoms with Crippen molar-refractivity contribution in [1.82, 2.24) is 4.57 Å². The van der Waals surface area contributed by atoms with Crippen LogP contribution in [0.1, 0.15) is 5.56 Å². The minimum absolute atomic E-state index is 1.08. The topological polar surface area (TPSA) is 4.93 Å². The molecule has 1 aromatic heterocycles. The van der Waals surface area contributed by atoms with E-state index in [0.717, 1.165) is 14.6 Å². The quantitative estimate of drug-likeness (QED) is 0.380. The van der Waals surface area contributed by atoms with Crippen molar-refractivity contribution >= 4 is 58.5 Å². The van der Waals surface area contributed by atoms with Crippen molar-refractivity contribution in [2.24, 2.45) is 0 Å². The van der Waals surface area contributed by atoms with Gasteiger partial charge in [0.25, 0.3) is 0 Å². The molecular weight excluding hydrogens is 472 g/mol. The number of hydrogen-bond donors (Lipinski definition) is 0. The van der Waals surface area contributed by atoms with Crippen molar-refractivity contribution in [2.45, 2.75) is 6.92 Å². The number of benzene rings is 3. The highest BCUT2D eigenvalue weighted by Gasteiger charge is 2.22. The molecule has 4 rings (SSSR count). The Labute approximate surface area is 184 Å². The first-order valence-corrected chi connectivity index (χ1v) is 10.8. The van der Waals surface area contributed by atoms with Crippen LogP contribution in [0, 0.1) is 6.92 Å². The Balaban J connectivity index is 2.05. The molecule has 0 spiro atoms. The van der Waals surface area contributed by atoms with Crippen LogP contribution in [-0.2, 0) is 0 Å². The van der Waals surface area contributed by atoms with E-state index in [-0.39, 0.29) is 0 Å². The molecule has 0 atom stereocenters. The van der Waals surface area contributed by atoms with E-state index in [4.69, 9.17) is 0 Å². The van der Waals surface area contributed by atoms with Crippen LogP contribution >= 0.6 is 31.9 Å². The van der Waals surface area contributed by atoms with Crippen LogP contribution < -0.4 is 10.9 Å². The van der Waals surface area contributed by atoms with Gasteiger partial charge in [0, 0.05) is 20.3 Å². The highest BCUT2D eigenvalue weighted by Crippen LogP contribution is 2.37. The average Bonchev–Trinajstić information content (AvgIpc) is 2.95. The number of halogens is 2. The maximum absolute atomic E-state index is 3.90. The minimum Gasteiger partial charge on any atom is -0.309 e. The Morgan fingerprint density at radius 1 is 0.679 bits per heavy atom. The molecule has 3 aromatic carbocycles. The predicted octanol–water partition coefficient (Wildman–Crippen LogP) is 4.16. The Kier molecular flexibility index (Phi) is 5.39. The van der Waals surface area contributed by atoms with Gasteiger partial charge in [0.1, 0.15) is 15.7 Å². The van der Waals surface area contributed by atoms with E-state index in [1.54, 1.807) is 0 Å². The van der Waals surface area contributed by atoms with Gasteiger partial charge >= 0.3 is 0 Å². The van der Waals surface area contributed by atoms with Crippen LogP contribution in [0.2, 0.25) is 0 Å². The molecule has 0 aliphatic rings. The molecule has 0 unspecified atom stereocenters. The summed E-state index contributed by atoms with van der Waals surface area (Å²) in [6.07, 6.45) is 0. The predicted molar refractivity (Wildman–Crippen MR) is 133 cm³/mol. The third-order valence-electron chi connectivity index (χ3n) is 5.07. The van der Waals surface area contributed by atoms with Crippen LogP contribution in [0.25, 0.3) is 28.2 Å². The molecule has 0 aliphatic heterocycles. The summed E-state index contributed by atoms with van der Waals surface area (Å²) in [6, 6.07) is 26.0. The second-order valence-corrected chi connectivity index (χ2v) is 8.89. The third-order valence-corrected chi connectivity index (χ3v) is 6.57. The van der Waals surface area contributed by atoms with Crippen molar-refractivity contribution in [3.05, 3.63) is 87.3 Å². The van der Waals surface area contributed by atoms with Crippen LogP contribution in [-0.4, -0.2) is 20.3 Å². The van der Waals surface area contributed by atoms with Gasteiger partial charge < -0.3 is 4.57 Å². The van der Waals surface area contributed by atoms with Gasteiger partial charge in [-0.3, -0.25) is 0 Å². The molecule has 0 bridgehead atoms. The molecule has 1 heterocycles. The Morgan fingerprint density at radius 2 is 1.21 bits per heavy atom. The largest absolute Gasteiger partial charge is 0.309 e. The van der Waals surface area contributed by atoms with Crippen LogP contribution in [0.3, 0.4) is 0 Å². The molecule has 0 fully saturated rings. The Morgan fingerprint density at radius 3 is 1.82 bits per heavy atom. The van der Waals surface area contributed by atoms with E-state index in [2.05, 4.69) is 132 Å². The van der Waals surface area contributed by atoms with Gasteiger partial charge in [-0.05, 0) is 63.7 Å². The first kappa shape index (κ1) is 19.4. The van der Waals surface area contributed by atoms with E-state index >= 15 is 0 Å². The molecule has 5 heteroatoms. The summed E-state index contributed by atoms with van der Waals surface area (Å²) in [5.41, 5.74) is 9.70. The van der Waals surface area contributed by atoms with Crippen LogP contribution in [0.5, 0.6) is 0 Å². The van der Waals surface area contributed by atoms with E-state index in [9.17, 15) is 0 Å². The molecule has 0 aliphatic carbocycles. The number of nitrogens with zero attached hydrogens (tertiary/aromatic N) is 1. The van der Waals surface area contributed by atoms with Gasteiger partial charge in [0.2, 0.25) is 0 Å². The van der Waals surface area contributed by atoms with E-state index in [1.165, 1.54) is 39.0 Å². The third kappa shape index (κ3) is 3.54. The zero-order chi connectivity index (χ0) is 19.8. The van der Waals surface area contributed by atoms with Gasteiger partial charge in [-0.25, -0.2) is 0 Å². The van der Waals surface area contributed by atoms with Gasteiger partial charge in [-0.15, -0.1) is 0 Å². The summed E-state index contributed by atoms with van der Waals surface area (Å²) in [6.45, 7) is 2.12. The maximum atomic E-state index is 3.90. The van der Waals surface area contributed by atoms with Crippen molar-refractivity contribution in [1.29, 1.82) is 0 Å². The lowest BCUT2D eigenvalue weighted by Gasteiger charge is -2.16. The normalized spacial score (nSPS) is 11.0. The Bertz CT molecular complexity index is 1060. The fourth-order valence-corrected chi connectivity index (χ4v) is 4.39. The molecule has 1 nitrogen and oxygen atoms in total. The molecule has 0 radical (unpaired) electrons. The molecular formula is C23H19B2Br2N. The molecule has 28 heavy (non-hydrogen) atoms. The standard InChI is InChI=1S/C23H19B2Br2N/c1-14-2-12-19(13-3-14)28-22(15-6-10-18(26)11-7-15)20(25)21(27)23(28)16-4-8-17(24)9-5-16/h2-13H,24-25H2,1H3. The van der Waals surface area contributed by atoms with Crippen molar-refractivity contribution < 1.29 is 0 Å². The van der Waals surface area contributed by atoms with E-state index < -0.39 is 0 Å². The molecule has 0 amide bonds. The van der Waals surface area contributed by atoms with Gasteiger partial charge in [0.15, 0.2) is 0 Å². The summed E-state index contributed by atoms with van der Waals surface area (Å²) in [7, 11) is 4.31. The highest BCUT2D eigenvalue weighted by atomic mass is 79.9. The Hall–Kier alpha value is -1.97. The summed E-state index contributed by atoms with van der Waals surface area (Å²) in [5.74, 6) is 0. The summed E-state index contributed by atoms with van der Waals surface area (Å²) in [4.78, 5) is 0. The summed E-state index contributed by atoms with van der Waals surface area (Å²) in [5, 5.41) is 0. The van der Waals surface area contributed by atoms with E-state index in [0.29, 0.717) is 0 Å². The highest BCUT2D eigenvalue weighted by molar-refractivity contribution is 9.11. The first-order chi connectivity index (χ1) is 13.5. The number of hydrogen-bond acceptors (Lipinski definition) is 0. The SMILES string of the molecule is Bc1ccc(-c2c(Br)c(B)c(-c3ccc(Br)cc3)n2-c2ccc(C)cc2)cc1. The van der Waals surface area contributed by atoms with Crippen LogP contribution in [0.4, 0.5) is 0 Å². The van der Waals surface area contributed by atoms with Crippen molar-refractivity contribution in [2.75, 3.05) is 0 Å². The monoisotopic (exact) mass is 489 g/mol. The lowest BCUT2D eigenvalue weighted by atomic mass is 9.92. The zero-order valence-corrected chi connectivity index (χ0v) is 19.3. The molecule has 0 N–H and O–H groups in total. The summed E-state index contributed by atoms with van der Waals surface area (Å²) >= 11 is 7.46. The maximum Gasteiger partial charge on any atom is 0.143 e. The van der Waals surface area contributed by atoms with Crippen molar-refractivity contribution in [3.8, 4) is 28.2 Å². The first-order valence-electron chi connectivity index (χ1n) is 9.26. The number of rotatable bonds is 3. The zero-order valence-electron chi connectivity index (χ0n) is 16.1. The second kappa shape index (κ2) is 7.81. The second-order valence-electron chi connectivity index (χ2n) is 7.18. The lowest BCUT2D eigenvalue weighted by molar-refractivity contribution is 1.09. The molecule has 0 saturated carbocycles. The smallest absolute Gasteiger partial charge is 0.143 e. The van der Waals surface area contributed by atoms with E-state index in [1.807, 2.05) is 0 Å². The van der Waals surface area contributed by atoms with Gasteiger partial charge in [0.05, 0.1) is 5.69 Å². The van der Waals surface area contributed by atoms with Crippen molar-refractivity contribution in [3.63, 3.8) is 0 Å². The average molecular weight is 491 g/mol. The molecule has 136 valence electrons. The molecule has 4 aromatic rings. The minimum atomic E-state index is 1.08. The molecule has 0 saturated heterocycles.